The summed E-state index contributed by atoms with van der Waals surface area (Å²) in [5.41, 5.74) is 1.44. The molecular formula is C12H13ClN2O2S2. The summed E-state index contributed by atoms with van der Waals surface area (Å²) in [4.78, 5) is 4.21. The second-order valence-corrected chi connectivity index (χ2v) is 7.37. The Morgan fingerprint density at radius 1 is 1.32 bits per heavy atom. The molecule has 0 saturated carbocycles. The van der Waals surface area contributed by atoms with Crippen molar-refractivity contribution in [1.82, 2.24) is 9.71 Å². The van der Waals surface area contributed by atoms with Gasteiger partial charge >= 0.3 is 0 Å². The maximum absolute atomic E-state index is 11.9. The number of nitrogens with zero attached hydrogens (tertiary/aromatic N) is 1. The zero-order valence-electron chi connectivity index (χ0n) is 10.3. The van der Waals surface area contributed by atoms with Crippen LogP contribution in [0.1, 0.15) is 16.3 Å². The fourth-order valence-electron chi connectivity index (χ4n) is 1.52. The van der Waals surface area contributed by atoms with E-state index in [0.717, 1.165) is 10.7 Å². The molecule has 0 spiro atoms. The van der Waals surface area contributed by atoms with E-state index in [4.69, 9.17) is 11.6 Å². The molecule has 0 aliphatic rings. The molecule has 0 aliphatic carbocycles. The highest BCUT2D eigenvalue weighted by molar-refractivity contribution is 7.88. The Kier molecular flexibility index (Phi) is 4.57. The van der Waals surface area contributed by atoms with Gasteiger partial charge in [-0.2, -0.15) is 0 Å². The van der Waals surface area contributed by atoms with Crippen molar-refractivity contribution in [3.8, 4) is 0 Å². The number of benzene rings is 1. The summed E-state index contributed by atoms with van der Waals surface area (Å²) in [7, 11) is -3.36. The summed E-state index contributed by atoms with van der Waals surface area (Å²) in [5.74, 6) is -0.0622. The molecule has 0 saturated heterocycles. The number of rotatable bonds is 5. The first-order valence-corrected chi connectivity index (χ1v) is 8.48. The van der Waals surface area contributed by atoms with Crippen molar-refractivity contribution in [1.29, 1.82) is 0 Å². The molecule has 2 rings (SSSR count). The average molecular weight is 317 g/mol. The third-order valence-electron chi connectivity index (χ3n) is 2.41. The first-order chi connectivity index (χ1) is 8.94. The van der Waals surface area contributed by atoms with Crippen molar-refractivity contribution in [2.75, 3.05) is 0 Å². The van der Waals surface area contributed by atoms with Crippen LogP contribution in [0.4, 0.5) is 0 Å². The number of hydrogen-bond acceptors (Lipinski definition) is 4. The van der Waals surface area contributed by atoms with Gasteiger partial charge in [0.2, 0.25) is 10.0 Å². The van der Waals surface area contributed by atoms with Crippen LogP contribution in [0, 0.1) is 6.92 Å². The van der Waals surface area contributed by atoms with Gasteiger partial charge in [-0.1, -0.05) is 23.7 Å². The predicted molar refractivity (Wildman–Crippen MR) is 77.8 cm³/mol. The van der Waals surface area contributed by atoms with Gasteiger partial charge in [0.15, 0.2) is 0 Å². The van der Waals surface area contributed by atoms with Gasteiger partial charge < -0.3 is 0 Å². The minimum Gasteiger partial charge on any atom is -0.245 e. The molecule has 2 aromatic rings. The average Bonchev–Trinajstić information content (AvgIpc) is 2.76. The molecule has 1 heterocycles. The van der Waals surface area contributed by atoms with Gasteiger partial charge in [-0.3, -0.25) is 0 Å². The van der Waals surface area contributed by atoms with E-state index < -0.39 is 10.0 Å². The van der Waals surface area contributed by atoms with Crippen LogP contribution in [0.5, 0.6) is 0 Å². The van der Waals surface area contributed by atoms with Crippen LogP contribution in [-0.2, 0) is 22.3 Å². The van der Waals surface area contributed by atoms with Crippen LogP contribution in [0.2, 0.25) is 5.02 Å². The Bertz CT molecular complexity index is 651. The predicted octanol–water partition coefficient (Wildman–Crippen LogP) is 2.72. The zero-order valence-corrected chi connectivity index (χ0v) is 12.6. The van der Waals surface area contributed by atoms with E-state index >= 15 is 0 Å². The van der Waals surface area contributed by atoms with Crippen molar-refractivity contribution < 1.29 is 8.42 Å². The summed E-state index contributed by atoms with van der Waals surface area (Å²) in [6.07, 6.45) is 0. The van der Waals surface area contributed by atoms with Crippen molar-refractivity contribution in [2.45, 2.75) is 19.2 Å². The van der Waals surface area contributed by atoms with Crippen LogP contribution in [0.25, 0.3) is 0 Å². The largest absolute Gasteiger partial charge is 0.245 e. The van der Waals surface area contributed by atoms with E-state index in [0.29, 0.717) is 10.6 Å². The fourth-order valence-corrected chi connectivity index (χ4v) is 3.36. The molecule has 1 aromatic heterocycles. The topological polar surface area (TPSA) is 59.1 Å². The van der Waals surface area contributed by atoms with Crippen LogP contribution in [0.15, 0.2) is 29.6 Å². The van der Waals surface area contributed by atoms with E-state index in [2.05, 4.69) is 9.71 Å². The number of hydrogen-bond donors (Lipinski definition) is 1. The highest BCUT2D eigenvalue weighted by atomic mass is 35.5. The van der Waals surface area contributed by atoms with E-state index in [1.165, 1.54) is 11.3 Å². The lowest BCUT2D eigenvalue weighted by Crippen LogP contribution is -2.24. The van der Waals surface area contributed by atoms with Gasteiger partial charge in [0, 0.05) is 10.4 Å². The van der Waals surface area contributed by atoms with Crippen LogP contribution in [-0.4, -0.2) is 13.4 Å². The summed E-state index contributed by atoms with van der Waals surface area (Å²) in [6.45, 7) is 2.11. The molecular weight excluding hydrogens is 304 g/mol. The van der Waals surface area contributed by atoms with Crippen molar-refractivity contribution in [3.05, 3.63) is 50.9 Å². The highest BCUT2D eigenvalue weighted by Crippen LogP contribution is 2.12. The van der Waals surface area contributed by atoms with Crippen molar-refractivity contribution in [2.24, 2.45) is 0 Å². The third-order valence-corrected chi connectivity index (χ3v) is 4.78. The van der Waals surface area contributed by atoms with Gasteiger partial charge in [-0.05, 0) is 24.6 Å². The second-order valence-electron chi connectivity index (χ2n) is 4.06. The molecule has 0 radical (unpaired) electrons. The summed E-state index contributed by atoms with van der Waals surface area (Å²) >= 11 is 7.25. The van der Waals surface area contributed by atoms with E-state index in [-0.39, 0.29) is 12.3 Å². The number of aromatic nitrogens is 1. The van der Waals surface area contributed by atoms with Crippen LogP contribution < -0.4 is 4.72 Å². The molecule has 0 fully saturated rings. The normalized spacial score (nSPS) is 11.7. The van der Waals surface area contributed by atoms with E-state index in [1.54, 1.807) is 24.3 Å². The lowest BCUT2D eigenvalue weighted by molar-refractivity contribution is 0.579. The molecule has 7 heteroatoms. The maximum Gasteiger partial charge on any atom is 0.216 e. The molecule has 0 aliphatic heterocycles. The van der Waals surface area contributed by atoms with Gasteiger partial charge in [0.1, 0.15) is 0 Å². The fraction of sp³-hybridized carbons (Fsp3) is 0.250. The van der Waals surface area contributed by atoms with Crippen LogP contribution in [0.3, 0.4) is 0 Å². The number of sulfonamides is 1. The van der Waals surface area contributed by atoms with Gasteiger partial charge in [0.25, 0.3) is 0 Å². The molecule has 0 amide bonds. The van der Waals surface area contributed by atoms with Crippen molar-refractivity contribution in [3.63, 3.8) is 0 Å². The second kappa shape index (κ2) is 6.00. The molecule has 102 valence electrons. The Morgan fingerprint density at radius 2 is 2.00 bits per heavy atom. The van der Waals surface area contributed by atoms with E-state index in [1.807, 2.05) is 12.3 Å². The lowest BCUT2D eigenvalue weighted by atomic mass is 10.2. The molecule has 4 nitrogen and oxygen atoms in total. The smallest absolute Gasteiger partial charge is 0.216 e. The Balaban J connectivity index is 1.97. The molecule has 0 bridgehead atoms. The summed E-state index contributed by atoms with van der Waals surface area (Å²) < 4.78 is 26.3. The third kappa shape index (κ3) is 4.58. The number of nitrogens with one attached hydrogen (secondary N) is 1. The summed E-state index contributed by atoms with van der Waals surface area (Å²) in [6, 6.07) is 6.76. The number of aryl methyl sites for hydroxylation is 1. The van der Waals surface area contributed by atoms with Crippen molar-refractivity contribution >= 4 is 33.0 Å². The maximum atomic E-state index is 11.9. The minimum absolute atomic E-state index is 0.0622. The number of halogens is 1. The molecule has 0 unspecified atom stereocenters. The van der Waals surface area contributed by atoms with E-state index in [9.17, 15) is 8.42 Å². The monoisotopic (exact) mass is 316 g/mol. The lowest BCUT2D eigenvalue weighted by Gasteiger charge is -2.05. The SMILES string of the molecule is Cc1nc(CNS(=O)(=O)Cc2ccc(Cl)cc2)cs1. The first-order valence-electron chi connectivity index (χ1n) is 5.57. The Morgan fingerprint density at radius 3 is 2.58 bits per heavy atom. The molecule has 19 heavy (non-hydrogen) atoms. The first kappa shape index (κ1) is 14.5. The molecule has 1 N–H and O–H groups in total. The number of thiazole rings is 1. The Labute approximate surface area is 121 Å². The van der Waals surface area contributed by atoms with Gasteiger partial charge in [-0.25, -0.2) is 18.1 Å². The summed E-state index contributed by atoms with van der Waals surface area (Å²) in [5, 5.41) is 3.36. The standard InChI is InChI=1S/C12H13ClN2O2S2/c1-9-15-12(7-18-9)6-14-19(16,17)8-10-2-4-11(13)5-3-10/h2-5,7,14H,6,8H2,1H3. The van der Waals surface area contributed by atoms with Gasteiger partial charge in [-0.15, -0.1) is 11.3 Å². The quantitative estimate of drug-likeness (QED) is 0.922. The zero-order chi connectivity index (χ0) is 13.9. The minimum atomic E-state index is -3.36. The molecule has 0 atom stereocenters. The highest BCUT2D eigenvalue weighted by Gasteiger charge is 2.12. The molecule has 1 aromatic carbocycles. The van der Waals surface area contributed by atoms with Crippen LogP contribution >= 0.6 is 22.9 Å². The Hall–Kier alpha value is -0.950. The van der Waals surface area contributed by atoms with Gasteiger partial charge in [0.05, 0.1) is 23.0 Å².